The molecule has 3 aromatic rings. The highest BCUT2D eigenvalue weighted by Gasteiger charge is 2.30. The molecule has 0 aliphatic carbocycles. The van der Waals surface area contributed by atoms with Crippen molar-refractivity contribution in [1.29, 1.82) is 0 Å². The molecule has 4 rings (SSSR count). The molecule has 1 fully saturated rings. The molecule has 0 unspecified atom stereocenters. The van der Waals surface area contributed by atoms with Crippen LogP contribution in [0.4, 0.5) is 5.82 Å². The van der Waals surface area contributed by atoms with Crippen molar-refractivity contribution in [3.8, 4) is 5.82 Å². The average Bonchev–Trinajstić information content (AvgIpc) is 3.40. The van der Waals surface area contributed by atoms with Gasteiger partial charge < -0.3 is 10.1 Å². The van der Waals surface area contributed by atoms with E-state index in [9.17, 15) is 0 Å². The topological polar surface area (TPSA) is 82.7 Å². The molecule has 1 saturated heterocycles. The van der Waals surface area contributed by atoms with Crippen molar-refractivity contribution in [3.05, 3.63) is 48.6 Å². The molecule has 2 atom stereocenters. The Morgan fingerprint density at radius 2 is 2.23 bits per heavy atom. The Balaban J connectivity index is 1.44. The summed E-state index contributed by atoms with van der Waals surface area (Å²) in [6.45, 7) is 6.45. The summed E-state index contributed by atoms with van der Waals surface area (Å²) >= 11 is 0. The summed E-state index contributed by atoms with van der Waals surface area (Å²) in [5.41, 5.74) is 1.14. The molecule has 0 radical (unpaired) electrons. The molecule has 26 heavy (non-hydrogen) atoms. The van der Waals surface area contributed by atoms with Gasteiger partial charge in [0.2, 0.25) is 0 Å². The van der Waals surface area contributed by atoms with Gasteiger partial charge in [-0.2, -0.15) is 5.10 Å². The quantitative estimate of drug-likeness (QED) is 0.733. The van der Waals surface area contributed by atoms with Crippen molar-refractivity contribution in [1.82, 2.24) is 29.3 Å². The number of anilines is 1. The molecule has 0 bridgehead atoms. The fraction of sp³-hybridized carbons (Fsp3) is 0.444. The van der Waals surface area contributed by atoms with Crippen LogP contribution >= 0.6 is 0 Å². The molecule has 0 spiro atoms. The second-order valence-electron chi connectivity index (χ2n) is 6.46. The predicted molar refractivity (Wildman–Crippen MR) is 97.1 cm³/mol. The molecule has 8 heteroatoms. The first-order valence-electron chi connectivity index (χ1n) is 8.95. The van der Waals surface area contributed by atoms with E-state index in [0.29, 0.717) is 5.92 Å². The molecule has 136 valence electrons. The number of hydrogen-bond acceptors (Lipinski definition) is 6. The van der Waals surface area contributed by atoms with Crippen molar-refractivity contribution in [2.75, 3.05) is 18.5 Å². The molecule has 0 aromatic carbocycles. The number of imidazole rings is 1. The molecule has 1 aliphatic rings. The van der Waals surface area contributed by atoms with Gasteiger partial charge in [-0.25, -0.2) is 9.97 Å². The lowest BCUT2D eigenvalue weighted by Gasteiger charge is -2.18. The third kappa shape index (κ3) is 3.32. The van der Waals surface area contributed by atoms with Crippen LogP contribution in [0.25, 0.3) is 5.82 Å². The van der Waals surface area contributed by atoms with E-state index in [0.717, 1.165) is 49.1 Å². The lowest BCUT2D eigenvalue weighted by molar-refractivity contribution is 0.0932. The van der Waals surface area contributed by atoms with Crippen LogP contribution < -0.4 is 5.32 Å². The van der Waals surface area contributed by atoms with E-state index in [1.807, 2.05) is 28.6 Å². The maximum Gasteiger partial charge on any atom is 0.159 e. The number of ether oxygens (including phenoxy) is 1. The molecule has 0 saturated carbocycles. The van der Waals surface area contributed by atoms with Gasteiger partial charge in [0.1, 0.15) is 11.6 Å². The maximum atomic E-state index is 5.95. The first-order valence-corrected chi connectivity index (χ1v) is 8.95. The summed E-state index contributed by atoms with van der Waals surface area (Å²) in [4.78, 5) is 13.2. The molecular formula is C18H23N7O. The van der Waals surface area contributed by atoms with E-state index < -0.39 is 0 Å². The Hall–Kier alpha value is -2.74. The summed E-state index contributed by atoms with van der Waals surface area (Å²) in [6, 6.07) is 0. The van der Waals surface area contributed by atoms with Crippen LogP contribution in [-0.4, -0.2) is 42.5 Å². The minimum Gasteiger partial charge on any atom is -0.373 e. The normalized spacial score (nSPS) is 19.8. The summed E-state index contributed by atoms with van der Waals surface area (Å²) in [5, 5.41) is 7.78. The molecule has 1 N–H and O–H groups in total. The second kappa shape index (κ2) is 7.25. The smallest absolute Gasteiger partial charge is 0.159 e. The highest BCUT2D eigenvalue weighted by molar-refractivity contribution is 5.36. The third-order valence-electron chi connectivity index (χ3n) is 4.76. The predicted octanol–water partition coefficient (Wildman–Crippen LogP) is 2.38. The number of hydrogen-bond donors (Lipinski definition) is 1. The van der Waals surface area contributed by atoms with Crippen LogP contribution in [-0.2, 0) is 11.3 Å². The molecule has 1 aliphatic heterocycles. The van der Waals surface area contributed by atoms with Crippen LogP contribution in [0.5, 0.6) is 0 Å². The summed E-state index contributed by atoms with van der Waals surface area (Å²) in [6.07, 6.45) is 12.2. The minimum atomic E-state index is 0.0786. The van der Waals surface area contributed by atoms with E-state index in [-0.39, 0.29) is 6.10 Å². The Morgan fingerprint density at radius 1 is 1.31 bits per heavy atom. The first-order chi connectivity index (χ1) is 12.7. The Kier molecular flexibility index (Phi) is 4.66. The lowest BCUT2D eigenvalue weighted by atomic mass is 9.97. The summed E-state index contributed by atoms with van der Waals surface area (Å²) in [5.74, 6) is 2.78. The van der Waals surface area contributed by atoms with Gasteiger partial charge in [-0.1, -0.05) is 0 Å². The number of nitrogens with zero attached hydrogens (tertiary/aromatic N) is 6. The van der Waals surface area contributed by atoms with Crippen molar-refractivity contribution >= 4 is 5.82 Å². The van der Waals surface area contributed by atoms with E-state index in [2.05, 4.69) is 38.5 Å². The lowest BCUT2D eigenvalue weighted by Crippen LogP contribution is -2.18. The van der Waals surface area contributed by atoms with Crippen molar-refractivity contribution in [2.24, 2.45) is 5.92 Å². The average molecular weight is 353 g/mol. The molecule has 8 nitrogen and oxygen atoms in total. The number of aromatic nitrogens is 6. The first kappa shape index (κ1) is 16.7. The van der Waals surface area contributed by atoms with Gasteiger partial charge in [0.25, 0.3) is 0 Å². The molecule has 3 aromatic heterocycles. The van der Waals surface area contributed by atoms with Gasteiger partial charge in [0.15, 0.2) is 5.82 Å². The SMILES string of the molecule is CCn1cc([C@H]2OCC[C@@H]2CNc2cncc(-n3ccnc3C)n2)cn1. The summed E-state index contributed by atoms with van der Waals surface area (Å²) in [7, 11) is 0. The Morgan fingerprint density at radius 3 is 3.00 bits per heavy atom. The Bertz CT molecular complexity index is 872. The maximum absolute atomic E-state index is 5.95. The molecule has 0 amide bonds. The zero-order chi connectivity index (χ0) is 17.9. The van der Waals surface area contributed by atoms with Gasteiger partial charge in [0.05, 0.1) is 24.7 Å². The molecule has 4 heterocycles. The third-order valence-corrected chi connectivity index (χ3v) is 4.76. The van der Waals surface area contributed by atoms with Crippen LogP contribution in [0.15, 0.2) is 37.2 Å². The van der Waals surface area contributed by atoms with Crippen molar-refractivity contribution in [3.63, 3.8) is 0 Å². The van der Waals surface area contributed by atoms with Crippen LogP contribution in [0.3, 0.4) is 0 Å². The highest BCUT2D eigenvalue weighted by atomic mass is 16.5. The standard InChI is InChI=1S/C18H23N7O/c1-3-24-12-15(9-22-24)18-14(4-7-26-18)8-21-16-10-19-11-17(23-16)25-6-5-20-13(25)2/h5-6,9-12,14,18H,3-4,7-8H2,1-2H3,(H,21,23)/t14-,18+/m1/s1. The van der Waals surface area contributed by atoms with E-state index >= 15 is 0 Å². The van der Waals surface area contributed by atoms with Crippen LogP contribution in [0.1, 0.15) is 30.8 Å². The second-order valence-corrected chi connectivity index (χ2v) is 6.46. The zero-order valence-corrected chi connectivity index (χ0v) is 15.0. The number of rotatable bonds is 6. The van der Waals surface area contributed by atoms with Crippen LogP contribution in [0.2, 0.25) is 0 Å². The van der Waals surface area contributed by atoms with Gasteiger partial charge in [-0.15, -0.1) is 0 Å². The zero-order valence-electron chi connectivity index (χ0n) is 15.0. The van der Waals surface area contributed by atoms with Gasteiger partial charge in [0, 0.05) is 49.8 Å². The van der Waals surface area contributed by atoms with E-state index in [4.69, 9.17) is 4.74 Å². The summed E-state index contributed by atoms with van der Waals surface area (Å²) < 4.78 is 9.80. The fourth-order valence-corrected chi connectivity index (χ4v) is 3.32. The largest absolute Gasteiger partial charge is 0.373 e. The van der Waals surface area contributed by atoms with Gasteiger partial charge in [-0.05, 0) is 20.3 Å². The van der Waals surface area contributed by atoms with Crippen molar-refractivity contribution < 1.29 is 4.74 Å². The fourth-order valence-electron chi connectivity index (χ4n) is 3.32. The van der Waals surface area contributed by atoms with Crippen molar-refractivity contribution in [2.45, 2.75) is 32.9 Å². The van der Waals surface area contributed by atoms with Gasteiger partial charge >= 0.3 is 0 Å². The number of nitrogens with one attached hydrogen (secondary N) is 1. The Labute approximate surface area is 152 Å². The minimum absolute atomic E-state index is 0.0786. The van der Waals surface area contributed by atoms with E-state index in [1.165, 1.54) is 0 Å². The van der Waals surface area contributed by atoms with E-state index in [1.54, 1.807) is 18.6 Å². The molecular weight excluding hydrogens is 330 g/mol. The number of aryl methyl sites for hydroxylation is 2. The van der Waals surface area contributed by atoms with Gasteiger partial charge in [-0.3, -0.25) is 14.2 Å². The monoisotopic (exact) mass is 353 g/mol. The highest BCUT2D eigenvalue weighted by Crippen LogP contribution is 2.34. The van der Waals surface area contributed by atoms with Crippen LogP contribution in [0, 0.1) is 12.8 Å².